The Morgan fingerprint density at radius 3 is 2.63 bits per heavy atom. The molecule has 8 heteroatoms. The second-order valence-electron chi connectivity index (χ2n) is 6.32. The van der Waals surface area contributed by atoms with Crippen molar-refractivity contribution in [2.75, 3.05) is 16.7 Å². The molecule has 1 unspecified atom stereocenters. The number of sulfonamides is 1. The van der Waals surface area contributed by atoms with Crippen LogP contribution >= 0.6 is 15.9 Å². The molecular formula is C19H21BrN2O4S. The first-order chi connectivity index (χ1) is 12.8. The lowest BCUT2D eigenvalue weighted by molar-refractivity contribution is -0.126. The van der Waals surface area contributed by atoms with E-state index in [2.05, 4.69) is 20.7 Å². The molecule has 1 N–H and O–H groups in total. The fourth-order valence-corrected chi connectivity index (χ4v) is 5.04. The van der Waals surface area contributed by atoms with Crippen LogP contribution < -0.4 is 14.4 Å². The lowest BCUT2D eigenvalue weighted by Gasteiger charge is -2.32. The van der Waals surface area contributed by atoms with E-state index in [9.17, 15) is 13.2 Å². The minimum absolute atomic E-state index is 0.0563. The highest BCUT2D eigenvalue weighted by Crippen LogP contribution is 2.40. The summed E-state index contributed by atoms with van der Waals surface area (Å²) in [5, 5.41) is 0. The number of carbonyl (C=O) groups excluding carboxylic acids is 1. The minimum Gasteiger partial charge on any atom is -0.478 e. The molecule has 0 aromatic heterocycles. The number of anilines is 2. The maximum Gasteiger partial charge on any atom is 0.267 e. The highest BCUT2D eigenvalue weighted by molar-refractivity contribution is 9.10. The van der Waals surface area contributed by atoms with E-state index in [1.54, 1.807) is 25.2 Å². The maximum atomic E-state index is 12.9. The zero-order chi connectivity index (χ0) is 19.8. The standard InChI is InChI=1S/C19H21BrN2O4S/c1-4-12-7-6-8-13(9-12)21-27(24,25)18-11-17-15(10-14(18)20)22(3)19(23)16(5-2)26-17/h6-11,16,21H,4-5H2,1-3H3. The molecule has 1 amide bonds. The summed E-state index contributed by atoms with van der Waals surface area (Å²) in [4.78, 5) is 13.8. The van der Waals surface area contributed by atoms with Crippen molar-refractivity contribution in [3.63, 3.8) is 0 Å². The van der Waals surface area contributed by atoms with Gasteiger partial charge in [0, 0.05) is 23.3 Å². The van der Waals surface area contributed by atoms with Gasteiger partial charge in [-0.2, -0.15) is 0 Å². The van der Waals surface area contributed by atoms with Crippen molar-refractivity contribution in [3.8, 4) is 5.75 Å². The Kier molecular flexibility index (Phi) is 5.48. The molecule has 27 heavy (non-hydrogen) atoms. The molecule has 0 fully saturated rings. The van der Waals surface area contributed by atoms with E-state index in [1.165, 1.54) is 11.0 Å². The van der Waals surface area contributed by atoms with E-state index < -0.39 is 16.1 Å². The number of likely N-dealkylation sites (N-methyl/N-ethyl adjacent to an activating group) is 1. The molecule has 2 aromatic carbocycles. The summed E-state index contributed by atoms with van der Waals surface area (Å²) >= 11 is 3.32. The third kappa shape index (κ3) is 3.82. The van der Waals surface area contributed by atoms with Gasteiger partial charge >= 0.3 is 0 Å². The van der Waals surface area contributed by atoms with E-state index in [1.807, 2.05) is 26.0 Å². The number of aryl methyl sites for hydroxylation is 1. The van der Waals surface area contributed by atoms with Crippen molar-refractivity contribution in [1.82, 2.24) is 0 Å². The third-order valence-electron chi connectivity index (χ3n) is 4.50. The van der Waals surface area contributed by atoms with E-state index >= 15 is 0 Å². The van der Waals surface area contributed by atoms with Crippen LogP contribution in [0.5, 0.6) is 5.75 Å². The summed E-state index contributed by atoms with van der Waals surface area (Å²) in [5.74, 6) is 0.219. The molecule has 6 nitrogen and oxygen atoms in total. The quantitative estimate of drug-likeness (QED) is 0.744. The van der Waals surface area contributed by atoms with Crippen LogP contribution in [0.15, 0.2) is 45.8 Å². The van der Waals surface area contributed by atoms with Gasteiger partial charge in [0.2, 0.25) is 0 Å². The van der Waals surface area contributed by atoms with E-state index in [-0.39, 0.29) is 10.8 Å². The Labute approximate surface area is 167 Å². The highest BCUT2D eigenvalue weighted by Gasteiger charge is 2.33. The number of fused-ring (bicyclic) bond motifs is 1. The first kappa shape index (κ1) is 19.7. The van der Waals surface area contributed by atoms with Crippen LogP contribution in [0.4, 0.5) is 11.4 Å². The highest BCUT2D eigenvalue weighted by atomic mass is 79.9. The molecule has 0 spiro atoms. The van der Waals surface area contributed by atoms with Gasteiger partial charge in [-0.3, -0.25) is 9.52 Å². The van der Waals surface area contributed by atoms with Crippen LogP contribution in [0.2, 0.25) is 0 Å². The molecule has 0 bridgehead atoms. The van der Waals surface area contributed by atoms with Gasteiger partial charge < -0.3 is 9.64 Å². The molecule has 1 aliphatic rings. The number of ether oxygens (including phenoxy) is 1. The van der Waals surface area contributed by atoms with E-state index in [0.29, 0.717) is 28.0 Å². The lowest BCUT2D eigenvalue weighted by atomic mass is 10.1. The largest absolute Gasteiger partial charge is 0.478 e. The summed E-state index contributed by atoms with van der Waals surface area (Å²) in [5.41, 5.74) is 2.07. The molecule has 1 aliphatic heterocycles. The van der Waals surface area contributed by atoms with Gasteiger partial charge in [0.25, 0.3) is 15.9 Å². The van der Waals surface area contributed by atoms with Gasteiger partial charge in [-0.15, -0.1) is 0 Å². The zero-order valence-electron chi connectivity index (χ0n) is 15.3. The summed E-state index contributed by atoms with van der Waals surface area (Å²) in [6.45, 7) is 3.85. The SMILES string of the molecule is CCc1cccc(NS(=O)(=O)c2cc3c(cc2Br)N(C)C(=O)C(CC)O3)c1. The number of nitrogens with one attached hydrogen (secondary N) is 1. The molecule has 0 saturated heterocycles. The first-order valence-corrected chi connectivity index (χ1v) is 10.9. The van der Waals surface area contributed by atoms with Crippen LogP contribution in [0, 0.1) is 0 Å². The fourth-order valence-electron chi connectivity index (χ4n) is 2.95. The van der Waals surface area contributed by atoms with Crippen LogP contribution in [0.1, 0.15) is 25.8 Å². The number of hydrogen-bond acceptors (Lipinski definition) is 4. The Hall–Kier alpha value is -2.06. The summed E-state index contributed by atoms with van der Waals surface area (Å²) in [6, 6.07) is 10.3. The van der Waals surface area contributed by atoms with Gasteiger partial charge in [-0.1, -0.05) is 26.0 Å². The van der Waals surface area contributed by atoms with Gasteiger partial charge in [0.1, 0.15) is 10.6 Å². The van der Waals surface area contributed by atoms with Crippen LogP contribution in [-0.4, -0.2) is 27.5 Å². The topological polar surface area (TPSA) is 75.7 Å². The number of halogens is 1. The van der Waals surface area contributed by atoms with Crippen molar-refractivity contribution in [3.05, 3.63) is 46.4 Å². The molecule has 1 atom stereocenters. The minimum atomic E-state index is -3.84. The van der Waals surface area contributed by atoms with Crippen LogP contribution in [0.25, 0.3) is 0 Å². The van der Waals surface area contributed by atoms with E-state index in [0.717, 1.165) is 12.0 Å². The molecule has 2 aromatic rings. The Morgan fingerprint density at radius 2 is 1.96 bits per heavy atom. The number of hydrogen-bond donors (Lipinski definition) is 1. The van der Waals surface area contributed by atoms with Crippen molar-refractivity contribution in [2.24, 2.45) is 0 Å². The molecule has 1 heterocycles. The third-order valence-corrected chi connectivity index (χ3v) is 6.84. The predicted octanol–water partition coefficient (Wildman–Crippen LogP) is 3.95. The summed E-state index contributed by atoms with van der Waals surface area (Å²) < 4.78 is 34.6. The maximum absolute atomic E-state index is 12.9. The zero-order valence-corrected chi connectivity index (χ0v) is 17.7. The lowest BCUT2D eigenvalue weighted by Crippen LogP contribution is -2.43. The fraction of sp³-hybridized carbons (Fsp3) is 0.316. The van der Waals surface area contributed by atoms with Gasteiger partial charge in [0.15, 0.2) is 6.10 Å². The molecule has 0 aliphatic carbocycles. The van der Waals surface area contributed by atoms with Gasteiger partial charge in [-0.25, -0.2) is 8.42 Å². The molecular weight excluding hydrogens is 432 g/mol. The predicted molar refractivity (Wildman–Crippen MR) is 109 cm³/mol. The van der Waals surface area contributed by atoms with Crippen molar-refractivity contribution in [1.29, 1.82) is 0 Å². The van der Waals surface area contributed by atoms with Gasteiger partial charge in [0.05, 0.1) is 5.69 Å². The van der Waals surface area contributed by atoms with Crippen LogP contribution in [0.3, 0.4) is 0 Å². The number of benzene rings is 2. The molecule has 3 rings (SSSR count). The average molecular weight is 453 g/mol. The van der Waals surface area contributed by atoms with Crippen molar-refractivity contribution < 1.29 is 17.9 Å². The van der Waals surface area contributed by atoms with Gasteiger partial charge in [-0.05, 0) is 52.5 Å². The summed E-state index contributed by atoms with van der Waals surface area (Å²) in [6.07, 6.45) is 0.696. The van der Waals surface area contributed by atoms with E-state index in [4.69, 9.17) is 4.74 Å². The normalized spacial score (nSPS) is 16.7. The Balaban J connectivity index is 2.00. The Morgan fingerprint density at radius 1 is 1.22 bits per heavy atom. The molecule has 0 saturated carbocycles. The van der Waals surface area contributed by atoms with Crippen molar-refractivity contribution >= 4 is 43.2 Å². The Bertz CT molecular complexity index is 991. The number of nitrogens with zero attached hydrogens (tertiary/aromatic N) is 1. The number of rotatable bonds is 5. The molecule has 144 valence electrons. The second-order valence-corrected chi connectivity index (χ2v) is 8.83. The molecule has 0 radical (unpaired) electrons. The monoisotopic (exact) mass is 452 g/mol. The van der Waals surface area contributed by atoms with Crippen LogP contribution in [-0.2, 0) is 21.2 Å². The first-order valence-electron chi connectivity index (χ1n) is 8.66. The average Bonchev–Trinajstić information content (AvgIpc) is 2.64. The second kappa shape index (κ2) is 7.52. The number of amides is 1. The number of carbonyl (C=O) groups is 1. The smallest absolute Gasteiger partial charge is 0.267 e. The van der Waals surface area contributed by atoms with Crippen molar-refractivity contribution in [2.45, 2.75) is 37.7 Å². The summed E-state index contributed by atoms with van der Waals surface area (Å²) in [7, 11) is -2.18.